The van der Waals surface area contributed by atoms with E-state index >= 15 is 0 Å². The molecule has 0 N–H and O–H groups in total. The summed E-state index contributed by atoms with van der Waals surface area (Å²) in [5.41, 5.74) is 1.31. The molecule has 19 heavy (non-hydrogen) atoms. The molecule has 2 rings (SSSR count). The van der Waals surface area contributed by atoms with Crippen molar-refractivity contribution in [2.75, 3.05) is 33.2 Å². The molecule has 0 radical (unpaired) electrons. The predicted octanol–water partition coefficient (Wildman–Crippen LogP) is 2.61. The molecule has 0 aliphatic carbocycles. The number of para-hydroxylation sites is 1. The maximum atomic E-state index is 5.90. The van der Waals surface area contributed by atoms with E-state index in [4.69, 9.17) is 4.74 Å². The number of likely N-dealkylation sites (N-methyl/N-ethyl adjacent to an activating group) is 1. The Balaban J connectivity index is 2.01. The van der Waals surface area contributed by atoms with E-state index in [2.05, 4.69) is 55.0 Å². The number of benzene rings is 1. The topological polar surface area (TPSA) is 15.7 Å². The van der Waals surface area contributed by atoms with Gasteiger partial charge in [0.2, 0.25) is 0 Å². The van der Waals surface area contributed by atoms with Crippen molar-refractivity contribution in [3.8, 4) is 5.75 Å². The summed E-state index contributed by atoms with van der Waals surface area (Å²) in [6.07, 6.45) is 1.49. The van der Waals surface area contributed by atoms with E-state index < -0.39 is 0 Å². The third kappa shape index (κ3) is 4.51. The van der Waals surface area contributed by atoms with E-state index in [0.29, 0.717) is 0 Å². The molecule has 0 aromatic heterocycles. The summed E-state index contributed by atoms with van der Waals surface area (Å²) in [6, 6.07) is 8.43. The number of ether oxygens (including phenoxy) is 1. The molecule has 0 atom stereocenters. The van der Waals surface area contributed by atoms with E-state index in [1.54, 1.807) is 0 Å². The molecule has 1 aromatic rings. The lowest BCUT2D eigenvalue weighted by molar-refractivity contribution is 0.228. The van der Waals surface area contributed by atoms with Crippen molar-refractivity contribution in [3.63, 3.8) is 0 Å². The van der Waals surface area contributed by atoms with Crippen molar-refractivity contribution in [2.24, 2.45) is 0 Å². The highest BCUT2D eigenvalue weighted by atomic mass is 16.5. The van der Waals surface area contributed by atoms with Gasteiger partial charge in [0.15, 0.2) is 0 Å². The van der Waals surface area contributed by atoms with Gasteiger partial charge in [-0.15, -0.1) is 0 Å². The maximum Gasteiger partial charge on any atom is 0.124 e. The van der Waals surface area contributed by atoms with Crippen LogP contribution in [0.4, 0.5) is 0 Å². The molecule has 0 amide bonds. The molecule has 0 saturated carbocycles. The van der Waals surface area contributed by atoms with Gasteiger partial charge in [-0.25, -0.2) is 0 Å². The zero-order valence-corrected chi connectivity index (χ0v) is 12.4. The molecular weight excluding hydrogens is 236 g/mol. The molecule has 0 bridgehead atoms. The third-order valence-corrected chi connectivity index (χ3v) is 3.54. The van der Waals surface area contributed by atoms with Gasteiger partial charge in [-0.1, -0.05) is 18.2 Å². The van der Waals surface area contributed by atoms with Crippen molar-refractivity contribution >= 4 is 0 Å². The molecule has 0 unspecified atom stereocenters. The van der Waals surface area contributed by atoms with Crippen molar-refractivity contribution in [1.82, 2.24) is 9.80 Å². The van der Waals surface area contributed by atoms with Gasteiger partial charge < -0.3 is 9.64 Å². The number of hydrogen-bond donors (Lipinski definition) is 0. The molecule has 1 aromatic carbocycles. The zero-order valence-electron chi connectivity index (χ0n) is 12.4. The van der Waals surface area contributed by atoms with Gasteiger partial charge in [-0.3, -0.25) is 4.90 Å². The van der Waals surface area contributed by atoms with Gasteiger partial charge in [0.1, 0.15) is 5.75 Å². The lowest BCUT2D eigenvalue weighted by Crippen LogP contribution is -2.28. The molecule has 3 nitrogen and oxygen atoms in total. The van der Waals surface area contributed by atoms with Crippen LogP contribution in [0.1, 0.15) is 25.8 Å². The van der Waals surface area contributed by atoms with Crippen molar-refractivity contribution < 1.29 is 4.74 Å². The molecule has 3 heteroatoms. The van der Waals surface area contributed by atoms with Gasteiger partial charge in [-0.05, 0) is 46.5 Å². The highest BCUT2D eigenvalue weighted by Gasteiger charge is 2.14. The first-order valence-electron chi connectivity index (χ1n) is 7.30. The van der Waals surface area contributed by atoms with Gasteiger partial charge in [0.05, 0.1) is 6.10 Å². The Morgan fingerprint density at radius 2 is 1.89 bits per heavy atom. The van der Waals surface area contributed by atoms with E-state index in [1.165, 1.54) is 25.1 Å². The maximum absolute atomic E-state index is 5.90. The first-order valence-corrected chi connectivity index (χ1v) is 7.30. The van der Waals surface area contributed by atoms with Crippen LogP contribution in [-0.2, 0) is 6.54 Å². The molecule has 106 valence electrons. The summed E-state index contributed by atoms with van der Waals surface area (Å²) in [5, 5.41) is 0. The first-order chi connectivity index (χ1) is 9.15. The van der Waals surface area contributed by atoms with Crippen molar-refractivity contribution in [1.29, 1.82) is 0 Å². The largest absolute Gasteiger partial charge is 0.491 e. The normalized spacial score (nSPS) is 18.5. The highest BCUT2D eigenvalue weighted by Crippen LogP contribution is 2.21. The minimum Gasteiger partial charge on any atom is -0.491 e. The Bertz CT molecular complexity index is 392. The summed E-state index contributed by atoms with van der Waals surface area (Å²) in [4.78, 5) is 4.95. The Morgan fingerprint density at radius 1 is 1.11 bits per heavy atom. The molecular formula is C16H26N2O. The summed E-state index contributed by atoms with van der Waals surface area (Å²) >= 11 is 0. The van der Waals surface area contributed by atoms with Crippen molar-refractivity contribution in [2.45, 2.75) is 32.9 Å². The second-order valence-corrected chi connectivity index (χ2v) is 5.71. The lowest BCUT2D eigenvalue weighted by atomic mass is 10.2. The Morgan fingerprint density at radius 3 is 2.68 bits per heavy atom. The van der Waals surface area contributed by atoms with Crippen LogP contribution in [0.15, 0.2) is 24.3 Å². The van der Waals surface area contributed by atoms with Crippen LogP contribution in [0, 0.1) is 0 Å². The van der Waals surface area contributed by atoms with E-state index in [-0.39, 0.29) is 6.10 Å². The monoisotopic (exact) mass is 262 g/mol. The number of rotatable bonds is 4. The minimum absolute atomic E-state index is 0.233. The molecule has 1 fully saturated rings. The van der Waals surface area contributed by atoms with Gasteiger partial charge >= 0.3 is 0 Å². The van der Waals surface area contributed by atoms with Crippen LogP contribution in [0.3, 0.4) is 0 Å². The zero-order chi connectivity index (χ0) is 13.7. The average Bonchev–Trinajstić information content (AvgIpc) is 2.56. The lowest BCUT2D eigenvalue weighted by Gasteiger charge is -2.22. The Kier molecular flexibility index (Phi) is 5.23. The highest BCUT2D eigenvalue weighted by molar-refractivity contribution is 5.33. The number of hydrogen-bond acceptors (Lipinski definition) is 3. The Hall–Kier alpha value is -1.06. The van der Waals surface area contributed by atoms with Crippen LogP contribution >= 0.6 is 0 Å². The first kappa shape index (κ1) is 14.4. The standard InChI is InChI=1S/C16H26N2O/c1-14(2)19-16-8-5-4-7-15(16)13-18-10-6-9-17(3)11-12-18/h4-5,7-8,14H,6,9-13H2,1-3H3. The minimum atomic E-state index is 0.233. The van der Waals surface area contributed by atoms with E-state index in [1.807, 2.05) is 0 Å². The summed E-state index contributed by atoms with van der Waals surface area (Å²) in [5.74, 6) is 1.04. The summed E-state index contributed by atoms with van der Waals surface area (Å²) in [6.45, 7) is 9.85. The fourth-order valence-corrected chi connectivity index (χ4v) is 2.50. The van der Waals surface area contributed by atoms with Crippen molar-refractivity contribution in [3.05, 3.63) is 29.8 Å². The molecule has 1 aliphatic rings. The van der Waals surface area contributed by atoms with Crippen LogP contribution in [0.2, 0.25) is 0 Å². The summed E-state index contributed by atoms with van der Waals surface area (Å²) in [7, 11) is 2.21. The second-order valence-electron chi connectivity index (χ2n) is 5.71. The van der Waals surface area contributed by atoms with Crippen LogP contribution in [-0.4, -0.2) is 49.1 Å². The quantitative estimate of drug-likeness (QED) is 0.829. The summed E-state index contributed by atoms with van der Waals surface area (Å²) < 4.78 is 5.90. The Labute approximate surface area is 117 Å². The van der Waals surface area contributed by atoms with Crippen LogP contribution in [0.25, 0.3) is 0 Å². The van der Waals surface area contributed by atoms with Gasteiger partial charge in [0, 0.05) is 25.2 Å². The average molecular weight is 262 g/mol. The number of nitrogens with zero attached hydrogens (tertiary/aromatic N) is 2. The smallest absolute Gasteiger partial charge is 0.124 e. The fraction of sp³-hybridized carbons (Fsp3) is 0.625. The molecule has 1 aliphatic heterocycles. The van der Waals surface area contributed by atoms with Crippen LogP contribution in [0.5, 0.6) is 5.75 Å². The SMILES string of the molecule is CC(C)Oc1ccccc1CN1CCCN(C)CC1. The molecule has 0 spiro atoms. The van der Waals surface area contributed by atoms with E-state index in [0.717, 1.165) is 25.4 Å². The van der Waals surface area contributed by atoms with Gasteiger partial charge in [-0.2, -0.15) is 0 Å². The molecule has 1 heterocycles. The third-order valence-electron chi connectivity index (χ3n) is 3.54. The van der Waals surface area contributed by atoms with Gasteiger partial charge in [0.25, 0.3) is 0 Å². The second kappa shape index (κ2) is 6.92. The van der Waals surface area contributed by atoms with E-state index in [9.17, 15) is 0 Å². The fourth-order valence-electron chi connectivity index (χ4n) is 2.50. The predicted molar refractivity (Wildman–Crippen MR) is 79.6 cm³/mol. The van der Waals surface area contributed by atoms with Crippen LogP contribution < -0.4 is 4.74 Å². The molecule has 1 saturated heterocycles.